The molecule has 0 fully saturated rings. The number of thioether (sulfide) groups is 1. The van der Waals surface area contributed by atoms with E-state index in [1.54, 1.807) is 18.9 Å². The van der Waals surface area contributed by atoms with Crippen LogP contribution in [0.25, 0.3) is 0 Å². The van der Waals surface area contributed by atoms with Gasteiger partial charge in [-0.1, -0.05) is 36.1 Å². The lowest BCUT2D eigenvalue weighted by Crippen LogP contribution is -1.87. The predicted octanol–water partition coefficient (Wildman–Crippen LogP) is 3.72. The lowest BCUT2D eigenvalue weighted by molar-refractivity contribution is 0.305. The third-order valence-corrected chi connectivity index (χ3v) is 4.01. The van der Waals surface area contributed by atoms with Crippen LogP contribution in [0.15, 0.2) is 53.4 Å². The van der Waals surface area contributed by atoms with Gasteiger partial charge in [0.1, 0.15) is 5.75 Å². The summed E-state index contributed by atoms with van der Waals surface area (Å²) in [6, 6.07) is 16.2. The smallest absolute Gasteiger partial charge is 0.132 e. The summed E-state index contributed by atoms with van der Waals surface area (Å²) in [5.74, 6) is 7.75. The Bertz CT molecular complexity index is 624. The van der Waals surface area contributed by atoms with Crippen molar-refractivity contribution in [1.82, 2.24) is 0 Å². The molecular weight excluding hydrogens is 280 g/mol. The Morgan fingerprint density at radius 1 is 1.10 bits per heavy atom. The summed E-state index contributed by atoms with van der Waals surface area (Å²) < 4.78 is 5.35. The number of rotatable bonds is 5. The maximum atomic E-state index is 8.69. The Balaban J connectivity index is 1.96. The van der Waals surface area contributed by atoms with Gasteiger partial charge in [-0.05, 0) is 29.8 Å². The standard InChI is InChI=1S/C18H18O2S/c1-20-17-7-2-3-8-18(17)21-14-16-11-9-15(10-12-16)6-4-5-13-19/h2-3,7-12,19H,5,13-14H2,1H3. The zero-order valence-corrected chi connectivity index (χ0v) is 12.8. The molecule has 2 aromatic carbocycles. The van der Waals surface area contributed by atoms with Crippen molar-refractivity contribution >= 4 is 11.8 Å². The van der Waals surface area contributed by atoms with Crippen LogP contribution in [0.3, 0.4) is 0 Å². The largest absolute Gasteiger partial charge is 0.496 e. The van der Waals surface area contributed by atoms with Crippen LogP contribution in [0.5, 0.6) is 5.75 Å². The van der Waals surface area contributed by atoms with Crippen molar-refractivity contribution in [3.05, 3.63) is 59.7 Å². The molecule has 2 rings (SSSR count). The summed E-state index contributed by atoms with van der Waals surface area (Å²) in [6.45, 7) is 0.112. The van der Waals surface area contributed by atoms with Crippen LogP contribution >= 0.6 is 11.8 Å². The number of aliphatic hydroxyl groups excluding tert-OH is 1. The summed E-state index contributed by atoms with van der Waals surface area (Å²) >= 11 is 1.76. The Morgan fingerprint density at radius 3 is 2.57 bits per heavy atom. The summed E-state index contributed by atoms with van der Waals surface area (Å²) in [5, 5.41) is 8.69. The summed E-state index contributed by atoms with van der Waals surface area (Å²) in [7, 11) is 1.69. The van der Waals surface area contributed by atoms with E-state index in [4.69, 9.17) is 9.84 Å². The highest BCUT2D eigenvalue weighted by Gasteiger charge is 2.02. The first-order valence-corrected chi connectivity index (χ1v) is 7.76. The molecule has 0 atom stereocenters. The molecule has 0 unspecified atom stereocenters. The molecule has 0 saturated carbocycles. The molecule has 2 aromatic rings. The molecule has 2 nitrogen and oxygen atoms in total. The van der Waals surface area contributed by atoms with E-state index in [0.29, 0.717) is 6.42 Å². The van der Waals surface area contributed by atoms with Gasteiger partial charge in [-0.15, -0.1) is 11.8 Å². The third-order valence-electron chi connectivity index (χ3n) is 2.89. The van der Waals surface area contributed by atoms with E-state index in [9.17, 15) is 0 Å². The highest BCUT2D eigenvalue weighted by Crippen LogP contribution is 2.31. The van der Waals surface area contributed by atoms with Gasteiger partial charge in [0.2, 0.25) is 0 Å². The minimum absolute atomic E-state index is 0.112. The van der Waals surface area contributed by atoms with Crippen LogP contribution in [-0.2, 0) is 5.75 Å². The first-order chi connectivity index (χ1) is 10.3. The molecule has 108 valence electrons. The highest BCUT2D eigenvalue weighted by atomic mass is 32.2. The van der Waals surface area contributed by atoms with Crippen molar-refractivity contribution < 1.29 is 9.84 Å². The van der Waals surface area contributed by atoms with E-state index < -0.39 is 0 Å². The topological polar surface area (TPSA) is 29.5 Å². The van der Waals surface area contributed by atoms with Crippen LogP contribution in [0.4, 0.5) is 0 Å². The number of ether oxygens (including phenoxy) is 1. The number of methoxy groups -OCH3 is 1. The zero-order valence-electron chi connectivity index (χ0n) is 12.0. The summed E-state index contributed by atoms with van der Waals surface area (Å²) in [6.07, 6.45) is 0.519. The molecule has 0 bridgehead atoms. The normalized spacial score (nSPS) is 9.81. The Morgan fingerprint density at radius 2 is 1.86 bits per heavy atom. The number of aliphatic hydroxyl groups is 1. The van der Waals surface area contributed by atoms with Gasteiger partial charge in [-0.25, -0.2) is 0 Å². The molecule has 0 aliphatic heterocycles. The predicted molar refractivity (Wildman–Crippen MR) is 87.6 cm³/mol. The number of hydrogen-bond acceptors (Lipinski definition) is 3. The third kappa shape index (κ3) is 4.86. The summed E-state index contributed by atoms with van der Waals surface area (Å²) in [5.41, 5.74) is 2.23. The van der Waals surface area contributed by atoms with Crippen molar-refractivity contribution in [2.45, 2.75) is 17.1 Å². The fourth-order valence-corrected chi connectivity index (χ4v) is 2.79. The van der Waals surface area contributed by atoms with Gasteiger partial charge in [0, 0.05) is 22.6 Å². The molecule has 0 amide bonds. The molecule has 0 aromatic heterocycles. The number of hydrogen-bond donors (Lipinski definition) is 1. The van der Waals surface area contributed by atoms with Gasteiger partial charge in [0.25, 0.3) is 0 Å². The van der Waals surface area contributed by atoms with Gasteiger partial charge in [-0.2, -0.15) is 0 Å². The second-order valence-electron chi connectivity index (χ2n) is 4.41. The first kappa shape index (κ1) is 15.5. The molecular formula is C18H18O2S. The Labute approximate surface area is 130 Å². The minimum Gasteiger partial charge on any atom is -0.496 e. The average Bonchev–Trinajstić information content (AvgIpc) is 2.54. The van der Waals surface area contributed by atoms with E-state index >= 15 is 0 Å². The molecule has 0 radical (unpaired) electrons. The Hall–Kier alpha value is -1.89. The second-order valence-corrected chi connectivity index (χ2v) is 5.43. The van der Waals surface area contributed by atoms with Crippen molar-refractivity contribution in [1.29, 1.82) is 0 Å². The van der Waals surface area contributed by atoms with E-state index in [1.807, 2.05) is 30.3 Å². The van der Waals surface area contributed by atoms with Gasteiger partial charge in [0.05, 0.1) is 13.7 Å². The van der Waals surface area contributed by atoms with E-state index in [0.717, 1.165) is 22.0 Å². The van der Waals surface area contributed by atoms with Crippen LogP contribution in [0.1, 0.15) is 17.5 Å². The van der Waals surface area contributed by atoms with Gasteiger partial charge >= 0.3 is 0 Å². The fraction of sp³-hybridized carbons (Fsp3) is 0.222. The van der Waals surface area contributed by atoms with Crippen molar-refractivity contribution in [2.75, 3.05) is 13.7 Å². The molecule has 0 saturated heterocycles. The lowest BCUT2D eigenvalue weighted by Gasteiger charge is -2.07. The van der Waals surface area contributed by atoms with Crippen LogP contribution in [-0.4, -0.2) is 18.8 Å². The van der Waals surface area contributed by atoms with E-state index in [1.165, 1.54) is 5.56 Å². The van der Waals surface area contributed by atoms with E-state index in [-0.39, 0.29) is 6.61 Å². The second kappa shape index (κ2) is 8.41. The van der Waals surface area contributed by atoms with Crippen LogP contribution in [0, 0.1) is 11.8 Å². The van der Waals surface area contributed by atoms with Gasteiger partial charge < -0.3 is 9.84 Å². The molecule has 0 aliphatic carbocycles. The number of benzene rings is 2. The molecule has 1 N–H and O–H groups in total. The zero-order chi connectivity index (χ0) is 14.9. The molecule has 3 heteroatoms. The van der Waals surface area contributed by atoms with Gasteiger partial charge in [-0.3, -0.25) is 0 Å². The highest BCUT2D eigenvalue weighted by molar-refractivity contribution is 7.98. The molecule has 0 aliphatic rings. The van der Waals surface area contributed by atoms with Crippen molar-refractivity contribution in [3.8, 4) is 17.6 Å². The fourth-order valence-electron chi connectivity index (χ4n) is 1.80. The number of para-hydroxylation sites is 1. The maximum Gasteiger partial charge on any atom is 0.132 e. The molecule has 21 heavy (non-hydrogen) atoms. The molecule has 0 heterocycles. The van der Waals surface area contributed by atoms with Crippen molar-refractivity contribution in [2.24, 2.45) is 0 Å². The Kier molecular flexibility index (Phi) is 6.21. The van der Waals surface area contributed by atoms with Crippen LogP contribution in [0.2, 0.25) is 0 Å². The van der Waals surface area contributed by atoms with Gasteiger partial charge in [0.15, 0.2) is 0 Å². The van der Waals surface area contributed by atoms with E-state index in [2.05, 4.69) is 30.0 Å². The minimum atomic E-state index is 0.112. The maximum absolute atomic E-state index is 8.69. The quantitative estimate of drug-likeness (QED) is 0.674. The molecule has 0 spiro atoms. The SMILES string of the molecule is COc1ccccc1SCc1ccc(C#CCCO)cc1. The van der Waals surface area contributed by atoms with Crippen LogP contribution < -0.4 is 4.74 Å². The average molecular weight is 298 g/mol. The lowest BCUT2D eigenvalue weighted by atomic mass is 10.1. The monoisotopic (exact) mass is 298 g/mol. The van der Waals surface area contributed by atoms with Crippen molar-refractivity contribution in [3.63, 3.8) is 0 Å². The first-order valence-electron chi connectivity index (χ1n) is 6.78. The summed E-state index contributed by atoms with van der Waals surface area (Å²) in [4.78, 5) is 1.15.